The van der Waals surface area contributed by atoms with Crippen molar-refractivity contribution in [1.29, 1.82) is 0 Å². The third-order valence-electron chi connectivity index (χ3n) is 2.69. The normalized spacial score (nSPS) is 11.8. The van der Waals surface area contributed by atoms with Gasteiger partial charge in [-0.15, -0.1) is 35.1 Å². The molecule has 1 unspecified atom stereocenters. The summed E-state index contributed by atoms with van der Waals surface area (Å²) < 4.78 is 0. The van der Waals surface area contributed by atoms with Crippen LogP contribution in [0.5, 0.6) is 0 Å². The van der Waals surface area contributed by atoms with Gasteiger partial charge in [0.2, 0.25) is 5.91 Å². The van der Waals surface area contributed by atoms with E-state index in [1.807, 2.05) is 19.4 Å². The summed E-state index contributed by atoms with van der Waals surface area (Å²) in [5.74, 6) is -0.0704. The highest BCUT2D eigenvalue weighted by Crippen LogP contribution is 2.30. The number of hydrogen-bond acceptors (Lipinski definition) is 5. The van der Waals surface area contributed by atoms with Crippen LogP contribution in [0.2, 0.25) is 0 Å². The van der Waals surface area contributed by atoms with Gasteiger partial charge in [0.15, 0.2) is 5.13 Å². The molecular formula is C13H18ClN3OS2. The molecule has 0 saturated heterocycles. The van der Waals surface area contributed by atoms with Crippen LogP contribution in [-0.4, -0.2) is 24.5 Å². The van der Waals surface area contributed by atoms with Crippen LogP contribution in [0.1, 0.15) is 11.8 Å². The highest BCUT2D eigenvalue weighted by atomic mass is 35.5. The van der Waals surface area contributed by atoms with Crippen LogP contribution in [-0.2, 0) is 4.79 Å². The average molecular weight is 332 g/mol. The summed E-state index contributed by atoms with van der Waals surface area (Å²) in [6.45, 7) is 4.62. The summed E-state index contributed by atoms with van der Waals surface area (Å²) in [6, 6.07) is 4.14. The second-order valence-electron chi connectivity index (χ2n) is 4.40. The molecule has 0 aliphatic carbocycles. The van der Waals surface area contributed by atoms with E-state index in [1.165, 1.54) is 16.2 Å². The molecule has 0 aromatic carbocycles. The van der Waals surface area contributed by atoms with Crippen LogP contribution < -0.4 is 10.6 Å². The number of carbonyl (C=O) groups is 1. The van der Waals surface area contributed by atoms with Crippen molar-refractivity contribution in [1.82, 2.24) is 10.3 Å². The van der Waals surface area contributed by atoms with Crippen molar-refractivity contribution in [3.05, 3.63) is 22.4 Å². The molecule has 4 nitrogen and oxygen atoms in total. The van der Waals surface area contributed by atoms with Crippen molar-refractivity contribution in [2.45, 2.75) is 13.8 Å². The standard InChI is InChI=1S/C13H17N3OS2.ClH/c1-8(6-14-3)12(17)16-13-15-10(7-18-13)11-5-4-9(2)19-11;/h4-5,7-8,14H,6H2,1-3H3,(H,15,16,17);1H. The third-order valence-corrected chi connectivity index (χ3v) is 4.47. The number of aromatic nitrogens is 1. The predicted octanol–water partition coefficient (Wildman–Crippen LogP) is 3.40. The zero-order chi connectivity index (χ0) is 13.8. The molecule has 2 N–H and O–H groups in total. The number of nitrogens with zero attached hydrogens (tertiary/aromatic N) is 1. The van der Waals surface area contributed by atoms with E-state index in [0.717, 1.165) is 10.6 Å². The number of nitrogens with one attached hydrogen (secondary N) is 2. The zero-order valence-electron chi connectivity index (χ0n) is 11.6. The molecule has 2 rings (SSSR count). The summed E-state index contributed by atoms with van der Waals surface area (Å²) in [7, 11) is 1.84. The molecule has 0 saturated carbocycles. The fourth-order valence-corrected chi connectivity index (χ4v) is 3.26. The van der Waals surface area contributed by atoms with Crippen LogP contribution in [0.25, 0.3) is 10.6 Å². The monoisotopic (exact) mass is 331 g/mol. The van der Waals surface area contributed by atoms with Gasteiger partial charge in [-0.3, -0.25) is 4.79 Å². The van der Waals surface area contributed by atoms with Gasteiger partial charge in [0.05, 0.1) is 10.6 Å². The van der Waals surface area contributed by atoms with Crippen LogP contribution in [0.3, 0.4) is 0 Å². The lowest BCUT2D eigenvalue weighted by atomic mass is 10.2. The molecule has 7 heteroatoms. The second kappa shape index (κ2) is 7.73. The number of thiophene rings is 1. The number of thiazole rings is 1. The summed E-state index contributed by atoms with van der Waals surface area (Å²) in [5, 5.41) is 8.49. The van der Waals surface area contributed by atoms with E-state index >= 15 is 0 Å². The first-order valence-corrected chi connectivity index (χ1v) is 7.77. The second-order valence-corrected chi connectivity index (χ2v) is 6.54. The summed E-state index contributed by atoms with van der Waals surface area (Å²) in [6.07, 6.45) is 0. The molecule has 0 spiro atoms. The maximum absolute atomic E-state index is 11.9. The number of carbonyl (C=O) groups excluding carboxylic acids is 1. The molecule has 0 aliphatic rings. The van der Waals surface area contributed by atoms with Gasteiger partial charge < -0.3 is 10.6 Å². The predicted molar refractivity (Wildman–Crippen MR) is 89.1 cm³/mol. The van der Waals surface area contributed by atoms with Gasteiger partial charge in [-0.25, -0.2) is 4.98 Å². The Hall–Kier alpha value is -0.950. The van der Waals surface area contributed by atoms with Crippen molar-refractivity contribution >= 4 is 46.1 Å². The van der Waals surface area contributed by atoms with Crippen molar-refractivity contribution in [2.24, 2.45) is 5.92 Å². The minimum Gasteiger partial charge on any atom is -0.319 e. The van der Waals surface area contributed by atoms with E-state index < -0.39 is 0 Å². The molecule has 1 amide bonds. The molecule has 0 aliphatic heterocycles. The smallest absolute Gasteiger partial charge is 0.230 e. The summed E-state index contributed by atoms with van der Waals surface area (Å²) >= 11 is 3.17. The minimum absolute atomic E-state index is 0. The van der Waals surface area contributed by atoms with Crippen molar-refractivity contribution in [3.8, 4) is 10.6 Å². The van der Waals surface area contributed by atoms with Crippen LogP contribution in [0.4, 0.5) is 5.13 Å². The molecule has 0 bridgehead atoms. The average Bonchev–Trinajstić information content (AvgIpc) is 2.98. The molecule has 110 valence electrons. The fourth-order valence-electron chi connectivity index (χ4n) is 1.64. The molecule has 0 fully saturated rings. The van der Waals surface area contributed by atoms with Gasteiger partial charge in [-0.2, -0.15) is 0 Å². The number of halogens is 1. The fraction of sp³-hybridized carbons (Fsp3) is 0.385. The van der Waals surface area contributed by atoms with E-state index in [1.54, 1.807) is 11.3 Å². The first-order valence-electron chi connectivity index (χ1n) is 6.08. The number of aryl methyl sites for hydroxylation is 1. The van der Waals surface area contributed by atoms with Crippen molar-refractivity contribution in [2.75, 3.05) is 18.9 Å². The van der Waals surface area contributed by atoms with E-state index in [0.29, 0.717) is 11.7 Å². The van der Waals surface area contributed by atoms with Crippen molar-refractivity contribution < 1.29 is 4.79 Å². The lowest BCUT2D eigenvalue weighted by Crippen LogP contribution is -2.28. The van der Waals surface area contributed by atoms with Crippen LogP contribution in [0, 0.1) is 12.8 Å². The number of anilines is 1. The molecule has 2 aromatic rings. The number of hydrogen-bond donors (Lipinski definition) is 2. The largest absolute Gasteiger partial charge is 0.319 e. The van der Waals surface area contributed by atoms with E-state index in [4.69, 9.17) is 0 Å². The van der Waals surface area contributed by atoms with Gasteiger partial charge >= 0.3 is 0 Å². The number of rotatable bonds is 5. The van der Waals surface area contributed by atoms with Gasteiger partial charge in [0, 0.05) is 22.7 Å². The number of amides is 1. The zero-order valence-corrected chi connectivity index (χ0v) is 14.0. The first kappa shape index (κ1) is 17.1. The Balaban J connectivity index is 0.00000200. The SMILES string of the molecule is CNCC(C)C(=O)Nc1nc(-c2ccc(C)s2)cs1.Cl. The molecule has 2 heterocycles. The molecule has 2 aromatic heterocycles. The summed E-state index contributed by atoms with van der Waals surface area (Å²) in [4.78, 5) is 18.7. The van der Waals surface area contributed by atoms with E-state index in [-0.39, 0.29) is 24.2 Å². The van der Waals surface area contributed by atoms with E-state index in [9.17, 15) is 4.79 Å². The van der Waals surface area contributed by atoms with Crippen LogP contribution in [0.15, 0.2) is 17.5 Å². The van der Waals surface area contributed by atoms with E-state index in [2.05, 4.69) is 34.7 Å². The topological polar surface area (TPSA) is 54.0 Å². The van der Waals surface area contributed by atoms with Gasteiger partial charge in [0.1, 0.15) is 0 Å². The Morgan fingerprint density at radius 2 is 2.20 bits per heavy atom. The lowest BCUT2D eigenvalue weighted by molar-refractivity contribution is -0.119. The van der Waals surface area contributed by atoms with Gasteiger partial charge in [-0.1, -0.05) is 6.92 Å². The lowest BCUT2D eigenvalue weighted by Gasteiger charge is -2.09. The third kappa shape index (κ3) is 4.28. The Labute approximate surface area is 133 Å². The highest BCUT2D eigenvalue weighted by molar-refractivity contribution is 7.17. The quantitative estimate of drug-likeness (QED) is 0.883. The Morgan fingerprint density at radius 1 is 1.45 bits per heavy atom. The highest BCUT2D eigenvalue weighted by Gasteiger charge is 2.14. The maximum Gasteiger partial charge on any atom is 0.230 e. The molecule has 20 heavy (non-hydrogen) atoms. The first-order chi connectivity index (χ1) is 9.10. The van der Waals surface area contributed by atoms with Gasteiger partial charge in [0.25, 0.3) is 0 Å². The van der Waals surface area contributed by atoms with Gasteiger partial charge in [-0.05, 0) is 26.1 Å². The molecular weight excluding hydrogens is 314 g/mol. The Morgan fingerprint density at radius 3 is 2.80 bits per heavy atom. The van der Waals surface area contributed by atoms with Crippen molar-refractivity contribution in [3.63, 3.8) is 0 Å². The molecule has 1 atom stereocenters. The Bertz CT molecular complexity index is 567. The Kier molecular flexibility index (Phi) is 6.61. The summed E-state index contributed by atoms with van der Waals surface area (Å²) in [5.41, 5.74) is 0.930. The maximum atomic E-state index is 11.9. The molecule has 0 radical (unpaired) electrons. The minimum atomic E-state index is -0.0682. The van der Waals surface area contributed by atoms with Crippen LogP contribution >= 0.6 is 35.1 Å².